The molecule has 0 bridgehead atoms. The fourth-order valence-electron chi connectivity index (χ4n) is 2.30. The zero-order valence-corrected chi connectivity index (χ0v) is 10.4. The number of aromatic amines is 1. The number of aromatic nitrogens is 1. The topological polar surface area (TPSA) is 76.0 Å². The van der Waals surface area contributed by atoms with E-state index in [4.69, 9.17) is 0 Å². The van der Waals surface area contributed by atoms with Crippen LogP contribution < -0.4 is 5.56 Å². The molecule has 0 aliphatic heterocycles. The quantitative estimate of drug-likeness (QED) is 0.572. The maximum Gasteiger partial charge on any atom is 0.339 e. The molecule has 98 valence electrons. The van der Waals surface area contributed by atoms with Gasteiger partial charge in [0, 0.05) is 5.39 Å². The number of pyridine rings is 1. The monoisotopic (exact) mass is 266 g/mol. The summed E-state index contributed by atoms with van der Waals surface area (Å²) in [6.07, 6.45) is 0. The fraction of sp³-hybridized carbons (Fsp3) is 0. The molecule has 20 heavy (non-hydrogen) atoms. The predicted octanol–water partition coefficient (Wildman–Crippen LogP) is 3.10. The van der Waals surface area contributed by atoms with Crippen molar-refractivity contribution in [3.8, 4) is 11.1 Å². The number of nitro groups is 1. The molecule has 3 rings (SSSR count). The summed E-state index contributed by atoms with van der Waals surface area (Å²) in [5, 5.41) is 12.2. The van der Waals surface area contributed by atoms with E-state index in [0.717, 1.165) is 0 Å². The summed E-state index contributed by atoms with van der Waals surface area (Å²) >= 11 is 0. The lowest BCUT2D eigenvalue weighted by Gasteiger charge is -2.07. The summed E-state index contributed by atoms with van der Waals surface area (Å²) < 4.78 is 0. The molecule has 0 radical (unpaired) electrons. The van der Waals surface area contributed by atoms with Crippen LogP contribution in [-0.2, 0) is 0 Å². The Bertz CT molecular complexity index is 854. The maximum atomic E-state index is 11.9. The Morgan fingerprint density at radius 3 is 2.15 bits per heavy atom. The summed E-state index contributed by atoms with van der Waals surface area (Å²) in [5.41, 5.74) is 0.685. The van der Waals surface area contributed by atoms with Crippen molar-refractivity contribution < 1.29 is 4.92 Å². The number of rotatable bonds is 2. The molecule has 2 aromatic carbocycles. The average Bonchev–Trinajstić information content (AvgIpc) is 2.48. The van der Waals surface area contributed by atoms with E-state index in [0.29, 0.717) is 21.9 Å². The number of H-pyrrole nitrogens is 1. The van der Waals surface area contributed by atoms with Gasteiger partial charge in [0.15, 0.2) is 0 Å². The molecule has 0 fully saturated rings. The van der Waals surface area contributed by atoms with Crippen LogP contribution in [-0.4, -0.2) is 9.91 Å². The Kier molecular flexibility index (Phi) is 2.80. The normalized spacial score (nSPS) is 10.6. The van der Waals surface area contributed by atoms with E-state index in [1.54, 1.807) is 48.5 Å². The van der Waals surface area contributed by atoms with Crippen molar-refractivity contribution in [3.05, 3.63) is 75.1 Å². The second kappa shape index (κ2) is 4.62. The molecule has 0 aliphatic carbocycles. The lowest BCUT2D eigenvalue weighted by Crippen LogP contribution is -2.10. The highest BCUT2D eigenvalue weighted by atomic mass is 16.6. The molecule has 5 heteroatoms. The van der Waals surface area contributed by atoms with Crippen LogP contribution in [0.3, 0.4) is 0 Å². The smallest absolute Gasteiger partial charge is 0.339 e. The molecule has 1 N–H and O–H groups in total. The van der Waals surface area contributed by atoms with Gasteiger partial charge < -0.3 is 10.1 Å². The van der Waals surface area contributed by atoms with Gasteiger partial charge in [-0.2, -0.15) is 0 Å². The summed E-state index contributed by atoms with van der Waals surface area (Å²) in [4.78, 5) is 25.0. The second-order valence-electron chi connectivity index (χ2n) is 4.35. The molecular weight excluding hydrogens is 256 g/mol. The van der Waals surface area contributed by atoms with Gasteiger partial charge in [0.2, 0.25) is 0 Å². The first-order valence-electron chi connectivity index (χ1n) is 6.03. The van der Waals surface area contributed by atoms with Crippen LogP contribution in [0.1, 0.15) is 0 Å². The van der Waals surface area contributed by atoms with Crippen LogP contribution in [0.15, 0.2) is 59.4 Å². The van der Waals surface area contributed by atoms with E-state index in [1.807, 2.05) is 6.07 Å². The van der Waals surface area contributed by atoms with Crippen LogP contribution in [0, 0.1) is 10.1 Å². The van der Waals surface area contributed by atoms with Crippen molar-refractivity contribution in [2.75, 3.05) is 0 Å². The molecule has 0 aliphatic rings. The number of fused-ring (bicyclic) bond motifs is 1. The second-order valence-corrected chi connectivity index (χ2v) is 4.35. The SMILES string of the molecule is O=c1[nH]c([N+](=O)[O-])c(-c2ccccc2)c2ccccc12. The first kappa shape index (κ1) is 12.1. The Hall–Kier alpha value is -2.95. The van der Waals surface area contributed by atoms with E-state index in [9.17, 15) is 14.9 Å². The predicted molar refractivity (Wildman–Crippen MR) is 76.7 cm³/mol. The number of benzene rings is 2. The van der Waals surface area contributed by atoms with Gasteiger partial charge in [-0.15, -0.1) is 0 Å². The van der Waals surface area contributed by atoms with Crippen molar-refractivity contribution in [2.24, 2.45) is 0 Å². The van der Waals surface area contributed by atoms with Gasteiger partial charge in [-0.05, 0) is 16.6 Å². The average molecular weight is 266 g/mol. The molecule has 1 heterocycles. The summed E-state index contributed by atoms with van der Waals surface area (Å²) in [5.74, 6) is -0.278. The molecular formula is C15H10N2O3. The zero-order chi connectivity index (χ0) is 14.1. The van der Waals surface area contributed by atoms with Gasteiger partial charge in [-0.3, -0.25) is 0 Å². The van der Waals surface area contributed by atoms with Crippen LogP contribution in [0.25, 0.3) is 21.9 Å². The number of nitrogens with one attached hydrogen (secondary N) is 1. The van der Waals surface area contributed by atoms with Gasteiger partial charge >= 0.3 is 11.4 Å². The van der Waals surface area contributed by atoms with Gasteiger partial charge in [0.05, 0.1) is 10.9 Å². The van der Waals surface area contributed by atoms with Crippen LogP contribution in [0.5, 0.6) is 0 Å². The Morgan fingerprint density at radius 1 is 0.900 bits per heavy atom. The van der Waals surface area contributed by atoms with E-state index in [-0.39, 0.29) is 5.82 Å². The minimum absolute atomic E-state index is 0.278. The summed E-state index contributed by atoms with van der Waals surface area (Å²) in [6, 6.07) is 15.9. The van der Waals surface area contributed by atoms with Gasteiger partial charge in [-0.1, -0.05) is 48.5 Å². The van der Waals surface area contributed by atoms with Gasteiger partial charge in [0.1, 0.15) is 0 Å². The third-order valence-electron chi connectivity index (χ3n) is 3.15. The molecule has 0 atom stereocenters. The van der Waals surface area contributed by atoms with Crippen LogP contribution >= 0.6 is 0 Å². The zero-order valence-electron chi connectivity index (χ0n) is 10.4. The number of hydrogen-bond acceptors (Lipinski definition) is 3. The van der Waals surface area contributed by atoms with E-state index < -0.39 is 10.5 Å². The molecule has 3 aromatic rings. The fourth-order valence-corrected chi connectivity index (χ4v) is 2.30. The lowest BCUT2D eigenvalue weighted by molar-refractivity contribution is -0.388. The van der Waals surface area contributed by atoms with Crippen molar-refractivity contribution in [1.29, 1.82) is 0 Å². The molecule has 0 unspecified atom stereocenters. The molecule has 0 amide bonds. The largest absolute Gasteiger partial charge is 0.358 e. The summed E-state index contributed by atoms with van der Waals surface area (Å²) in [6.45, 7) is 0. The van der Waals surface area contributed by atoms with E-state index in [1.165, 1.54) is 0 Å². The third-order valence-corrected chi connectivity index (χ3v) is 3.15. The maximum absolute atomic E-state index is 11.9. The van der Waals surface area contributed by atoms with Crippen molar-refractivity contribution >= 4 is 16.6 Å². The first-order chi connectivity index (χ1) is 9.68. The summed E-state index contributed by atoms with van der Waals surface area (Å²) in [7, 11) is 0. The Balaban J connectivity index is 2.50. The highest BCUT2D eigenvalue weighted by Gasteiger charge is 2.20. The Morgan fingerprint density at radius 2 is 1.50 bits per heavy atom. The number of hydrogen-bond donors (Lipinski definition) is 1. The molecule has 1 aromatic heterocycles. The van der Waals surface area contributed by atoms with E-state index in [2.05, 4.69) is 4.98 Å². The lowest BCUT2D eigenvalue weighted by atomic mass is 10.00. The molecule has 0 saturated heterocycles. The standard InChI is InChI=1S/C15H10N2O3/c18-15-12-9-5-4-8-11(12)13(14(16-15)17(19)20)10-6-2-1-3-7-10/h1-9H,(H,16,18). The molecule has 5 nitrogen and oxygen atoms in total. The minimum Gasteiger partial charge on any atom is -0.358 e. The van der Waals surface area contributed by atoms with Gasteiger partial charge in [0.25, 0.3) is 0 Å². The highest BCUT2D eigenvalue weighted by molar-refractivity contribution is 5.99. The third kappa shape index (κ3) is 1.85. The van der Waals surface area contributed by atoms with Crippen LogP contribution in [0.2, 0.25) is 0 Å². The van der Waals surface area contributed by atoms with Gasteiger partial charge in [-0.25, -0.2) is 9.78 Å². The first-order valence-corrected chi connectivity index (χ1v) is 6.03. The number of nitrogens with zero attached hydrogens (tertiary/aromatic N) is 1. The molecule has 0 saturated carbocycles. The van der Waals surface area contributed by atoms with Crippen LogP contribution in [0.4, 0.5) is 5.82 Å². The van der Waals surface area contributed by atoms with Crippen molar-refractivity contribution in [1.82, 2.24) is 4.98 Å². The highest BCUT2D eigenvalue weighted by Crippen LogP contribution is 2.33. The molecule has 0 spiro atoms. The van der Waals surface area contributed by atoms with Crippen molar-refractivity contribution in [3.63, 3.8) is 0 Å². The Labute approximate surface area is 113 Å². The minimum atomic E-state index is -0.559. The van der Waals surface area contributed by atoms with Crippen molar-refractivity contribution in [2.45, 2.75) is 0 Å². The van der Waals surface area contributed by atoms with E-state index >= 15 is 0 Å².